The van der Waals surface area contributed by atoms with Crippen LogP contribution >= 0.6 is 0 Å². The Hall–Kier alpha value is -1.96. The minimum atomic E-state index is -0.409. The summed E-state index contributed by atoms with van der Waals surface area (Å²) in [6.07, 6.45) is 3.22. The number of aromatic nitrogens is 2. The second-order valence-electron chi connectivity index (χ2n) is 5.23. The van der Waals surface area contributed by atoms with Crippen molar-refractivity contribution in [1.29, 1.82) is 0 Å². The van der Waals surface area contributed by atoms with Gasteiger partial charge in [0.25, 0.3) is 0 Å². The van der Waals surface area contributed by atoms with E-state index in [9.17, 15) is 10.1 Å². The van der Waals surface area contributed by atoms with Crippen LogP contribution in [-0.4, -0.2) is 59.6 Å². The Morgan fingerprint density at radius 3 is 2.90 bits per heavy atom. The Morgan fingerprint density at radius 2 is 2.19 bits per heavy atom. The molecule has 0 radical (unpaired) electrons. The third-order valence-corrected chi connectivity index (χ3v) is 3.50. The lowest BCUT2D eigenvalue weighted by Gasteiger charge is -2.21. The monoisotopic (exact) mass is 294 g/mol. The second-order valence-corrected chi connectivity index (χ2v) is 5.23. The fraction of sp³-hybridized carbons (Fsp3) is 0.692. The van der Waals surface area contributed by atoms with Gasteiger partial charge in [-0.25, -0.2) is 4.98 Å². The van der Waals surface area contributed by atoms with E-state index in [2.05, 4.69) is 27.2 Å². The Bertz CT molecular complexity index is 496. The van der Waals surface area contributed by atoms with Crippen LogP contribution in [0, 0.1) is 10.1 Å². The van der Waals surface area contributed by atoms with E-state index >= 15 is 0 Å². The molecule has 1 saturated heterocycles. The highest BCUT2D eigenvalue weighted by atomic mass is 16.6. The van der Waals surface area contributed by atoms with Crippen LogP contribution < -0.4 is 10.2 Å². The zero-order valence-electron chi connectivity index (χ0n) is 12.6. The molecule has 1 aromatic heterocycles. The first-order valence-electron chi connectivity index (χ1n) is 7.30. The Morgan fingerprint density at radius 1 is 1.38 bits per heavy atom. The fourth-order valence-corrected chi connectivity index (χ4v) is 2.31. The molecule has 21 heavy (non-hydrogen) atoms. The molecule has 0 atom stereocenters. The van der Waals surface area contributed by atoms with Gasteiger partial charge in [0.1, 0.15) is 6.20 Å². The molecule has 1 aromatic rings. The summed E-state index contributed by atoms with van der Waals surface area (Å²) in [4.78, 5) is 23.4. The van der Waals surface area contributed by atoms with Gasteiger partial charge in [-0.1, -0.05) is 6.92 Å². The van der Waals surface area contributed by atoms with E-state index in [1.807, 2.05) is 11.8 Å². The number of nitrogens with one attached hydrogen (secondary N) is 1. The molecule has 1 aliphatic rings. The number of rotatable bonds is 5. The van der Waals surface area contributed by atoms with Crippen molar-refractivity contribution in [2.45, 2.75) is 19.8 Å². The van der Waals surface area contributed by atoms with Gasteiger partial charge in [0, 0.05) is 26.2 Å². The zero-order chi connectivity index (χ0) is 15.2. The molecule has 0 aliphatic carbocycles. The zero-order valence-corrected chi connectivity index (χ0v) is 12.6. The Kier molecular flexibility index (Phi) is 5.26. The number of anilines is 2. The van der Waals surface area contributed by atoms with Crippen LogP contribution in [0.25, 0.3) is 0 Å². The normalized spacial score (nSPS) is 16.6. The lowest BCUT2D eigenvalue weighted by Crippen LogP contribution is -2.30. The van der Waals surface area contributed by atoms with Crippen molar-refractivity contribution in [2.24, 2.45) is 0 Å². The van der Waals surface area contributed by atoms with Gasteiger partial charge in [0.15, 0.2) is 0 Å². The first-order valence-corrected chi connectivity index (χ1v) is 7.30. The molecule has 116 valence electrons. The molecule has 2 rings (SSSR count). The van der Waals surface area contributed by atoms with Crippen molar-refractivity contribution in [3.05, 3.63) is 16.3 Å². The molecule has 0 bridgehead atoms. The van der Waals surface area contributed by atoms with Crippen LogP contribution in [0.4, 0.5) is 17.5 Å². The number of nitro groups is 1. The van der Waals surface area contributed by atoms with Gasteiger partial charge in [0.2, 0.25) is 11.8 Å². The lowest BCUT2D eigenvalue weighted by molar-refractivity contribution is -0.384. The van der Waals surface area contributed by atoms with Crippen molar-refractivity contribution in [3.63, 3.8) is 0 Å². The molecular formula is C13H22N6O2. The topological polar surface area (TPSA) is 87.4 Å². The lowest BCUT2D eigenvalue weighted by atomic mass is 10.3. The van der Waals surface area contributed by atoms with Crippen molar-refractivity contribution >= 4 is 17.5 Å². The molecular weight excluding hydrogens is 272 g/mol. The average molecular weight is 294 g/mol. The van der Waals surface area contributed by atoms with Gasteiger partial charge < -0.3 is 15.1 Å². The van der Waals surface area contributed by atoms with Gasteiger partial charge >= 0.3 is 5.69 Å². The van der Waals surface area contributed by atoms with Gasteiger partial charge in [-0.05, 0) is 26.4 Å². The number of hydrogen-bond donors (Lipinski definition) is 1. The van der Waals surface area contributed by atoms with Crippen LogP contribution in [0.5, 0.6) is 0 Å². The van der Waals surface area contributed by atoms with E-state index in [4.69, 9.17) is 0 Å². The van der Waals surface area contributed by atoms with E-state index in [0.717, 1.165) is 45.6 Å². The smallest absolute Gasteiger partial charge is 0.329 e. The summed E-state index contributed by atoms with van der Waals surface area (Å²) in [6.45, 7) is 6.18. The highest BCUT2D eigenvalue weighted by molar-refractivity contribution is 5.59. The fourth-order valence-electron chi connectivity index (χ4n) is 2.31. The third-order valence-electron chi connectivity index (χ3n) is 3.50. The molecule has 1 N–H and O–H groups in total. The van der Waals surface area contributed by atoms with Crippen LogP contribution in [0.15, 0.2) is 6.20 Å². The summed E-state index contributed by atoms with van der Waals surface area (Å²) in [6, 6.07) is 0. The van der Waals surface area contributed by atoms with E-state index in [1.54, 1.807) is 0 Å². The van der Waals surface area contributed by atoms with Gasteiger partial charge in [0.05, 0.1) is 4.92 Å². The predicted molar refractivity (Wildman–Crippen MR) is 81.8 cm³/mol. The Labute approximate surface area is 124 Å². The molecule has 8 heteroatoms. The van der Waals surface area contributed by atoms with Gasteiger partial charge in [-0.2, -0.15) is 4.98 Å². The largest absolute Gasteiger partial charge is 0.354 e. The maximum Gasteiger partial charge on any atom is 0.329 e. The van der Waals surface area contributed by atoms with Crippen LogP contribution in [0.1, 0.15) is 19.8 Å². The molecule has 8 nitrogen and oxygen atoms in total. The number of hydrogen-bond acceptors (Lipinski definition) is 7. The average Bonchev–Trinajstić information content (AvgIpc) is 2.69. The molecule has 2 heterocycles. The van der Waals surface area contributed by atoms with Gasteiger partial charge in [-0.15, -0.1) is 0 Å². The SMILES string of the molecule is CCCNc1ncc([N+](=O)[O-])c(N2CCCN(C)CC2)n1. The maximum absolute atomic E-state index is 11.2. The molecule has 1 fully saturated rings. The van der Waals surface area contributed by atoms with E-state index in [-0.39, 0.29) is 5.69 Å². The second kappa shape index (κ2) is 7.16. The van der Waals surface area contributed by atoms with Crippen molar-refractivity contribution in [2.75, 3.05) is 50.0 Å². The van der Waals surface area contributed by atoms with Crippen molar-refractivity contribution < 1.29 is 4.92 Å². The molecule has 0 aromatic carbocycles. The maximum atomic E-state index is 11.2. The third kappa shape index (κ3) is 4.01. The summed E-state index contributed by atoms with van der Waals surface area (Å²) in [5, 5.41) is 14.3. The predicted octanol–water partition coefficient (Wildman–Crippen LogP) is 1.35. The summed E-state index contributed by atoms with van der Waals surface area (Å²) in [5.41, 5.74) is -0.0263. The van der Waals surface area contributed by atoms with Crippen LogP contribution in [0.2, 0.25) is 0 Å². The molecule has 0 amide bonds. The van der Waals surface area contributed by atoms with Crippen LogP contribution in [-0.2, 0) is 0 Å². The summed E-state index contributed by atoms with van der Waals surface area (Å²) >= 11 is 0. The minimum Gasteiger partial charge on any atom is -0.354 e. The number of likely N-dealkylation sites (N-methyl/N-ethyl adjacent to an activating group) is 1. The first kappa shape index (κ1) is 15.4. The van der Waals surface area contributed by atoms with Crippen molar-refractivity contribution in [3.8, 4) is 0 Å². The molecule has 0 unspecified atom stereocenters. The van der Waals surface area contributed by atoms with E-state index in [0.29, 0.717) is 11.8 Å². The van der Waals surface area contributed by atoms with E-state index < -0.39 is 4.92 Å². The standard InChI is InChI=1S/C13H22N6O2/c1-3-5-14-13-15-10-11(19(20)21)12(16-13)18-7-4-6-17(2)8-9-18/h10H,3-9H2,1-2H3,(H,14,15,16). The molecule has 1 aliphatic heterocycles. The quantitative estimate of drug-likeness (QED) is 0.647. The number of nitrogens with zero attached hydrogens (tertiary/aromatic N) is 5. The summed E-state index contributed by atoms with van der Waals surface area (Å²) in [5.74, 6) is 0.874. The summed E-state index contributed by atoms with van der Waals surface area (Å²) in [7, 11) is 2.06. The molecule has 0 saturated carbocycles. The van der Waals surface area contributed by atoms with E-state index in [1.165, 1.54) is 6.20 Å². The highest BCUT2D eigenvalue weighted by Crippen LogP contribution is 2.26. The first-order chi connectivity index (χ1) is 10.1. The highest BCUT2D eigenvalue weighted by Gasteiger charge is 2.24. The van der Waals surface area contributed by atoms with Crippen molar-refractivity contribution in [1.82, 2.24) is 14.9 Å². The van der Waals surface area contributed by atoms with Gasteiger partial charge in [-0.3, -0.25) is 10.1 Å². The molecule has 0 spiro atoms. The summed E-state index contributed by atoms with van der Waals surface area (Å²) < 4.78 is 0. The minimum absolute atomic E-state index is 0.0263. The van der Waals surface area contributed by atoms with Crippen LogP contribution in [0.3, 0.4) is 0 Å². The Balaban J connectivity index is 2.26.